The molecule has 1 fully saturated rings. The van der Waals surface area contributed by atoms with Gasteiger partial charge in [0, 0.05) is 24.8 Å². The van der Waals surface area contributed by atoms with Gasteiger partial charge in [0.25, 0.3) is 0 Å². The largest absolute Gasteiger partial charge is 0.396 e. The van der Waals surface area contributed by atoms with Gasteiger partial charge in [-0.1, -0.05) is 6.07 Å². The number of rotatable bonds is 3. The number of nitrogens with two attached hydrogens (primary N) is 1. The van der Waals surface area contributed by atoms with Crippen LogP contribution in [0.25, 0.3) is 17.0 Å². The second-order valence-electron chi connectivity index (χ2n) is 6.29. The summed E-state index contributed by atoms with van der Waals surface area (Å²) in [5, 5.41) is 11.4. The lowest BCUT2D eigenvalue weighted by atomic mass is 10.1. The molecule has 1 aliphatic rings. The summed E-state index contributed by atoms with van der Waals surface area (Å²) in [6.45, 7) is 4.04. The summed E-state index contributed by atoms with van der Waals surface area (Å²) in [6.07, 6.45) is 6.01. The highest BCUT2D eigenvalue weighted by atomic mass is 15.3. The number of nitrogens with one attached hydrogen (secondary N) is 2. The molecule has 4 heterocycles. The van der Waals surface area contributed by atoms with Crippen LogP contribution in [0.1, 0.15) is 18.4 Å². The maximum absolute atomic E-state index is 6.18. The smallest absolute Gasteiger partial charge is 0.177 e. The summed E-state index contributed by atoms with van der Waals surface area (Å²) in [5.41, 5.74) is 10.1. The summed E-state index contributed by atoms with van der Waals surface area (Å²) in [5.74, 6) is 0.773. The van der Waals surface area contributed by atoms with Gasteiger partial charge < -0.3 is 16.4 Å². The fourth-order valence-corrected chi connectivity index (χ4v) is 3.00. The van der Waals surface area contributed by atoms with Gasteiger partial charge in [0.1, 0.15) is 11.5 Å². The Labute approximate surface area is 140 Å². The first-order valence-corrected chi connectivity index (χ1v) is 8.25. The normalized spacial score (nSPS) is 18.0. The Morgan fingerprint density at radius 1 is 1.33 bits per heavy atom. The number of aryl methyl sites for hydroxylation is 1. The number of fused-ring (bicyclic) bond motifs is 1. The van der Waals surface area contributed by atoms with E-state index in [0.29, 0.717) is 17.4 Å². The zero-order valence-electron chi connectivity index (χ0n) is 13.7. The molecule has 24 heavy (non-hydrogen) atoms. The third-order valence-corrected chi connectivity index (χ3v) is 4.28. The first kappa shape index (κ1) is 14.9. The molecule has 0 bridgehead atoms. The van der Waals surface area contributed by atoms with Crippen LogP contribution in [0.3, 0.4) is 0 Å². The molecular formula is C17H21N7. The average Bonchev–Trinajstić information content (AvgIpc) is 3.01. The van der Waals surface area contributed by atoms with Crippen LogP contribution in [0.4, 0.5) is 11.5 Å². The van der Waals surface area contributed by atoms with Crippen molar-refractivity contribution in [3.05, 3.63) is 36.2 Å². The Morgan fingerprint density at radius 2 is 2.25 bits per heavy atom. The van der Waals surface area contributed by atoms with Crippen LogP contribution in [-0.4, -0.2) is 38.7 Å². The van der Waals surface area contributed by atoms with Crippen LogP contribution in [-0.2, 0) is 0 Å². The van der Waals surface area contributed by atoms with E-state index in [4.69, 9.17) is 5.73 Å². The lowest BCUT2D eigenvalue weighted by Gasteiger charge is -2.24. The van der Waals surface area contributed by atoms with Crippen molar-refractivity contribution in [2.45, 2.75) is 25.8 Å². The standard InChI is InChI=1S/C17H21N7/c1-11-4-5-14(20-8-11)15-10-24-17(22-15)13(18)7-16(23-24)21-12-3-2-6-19-9-12/h4-5,7-8,10,12,19H,2-3,6,9,18H2,1H3,(H,21,23)/t12-/m0/s1. The van der Waals surface area contributed by atoms with E-state index < -0.39 is 0 Å². The lowest BCUT2D eigenvalue weighted by Crippen LogP contribution is -2.38. The Morgan fingerprint density at radius 3 is 3.00 bits per heavy atom. The number of imidazole rings is 1. The molecule has 0 unspecified atom stereocenters. The Balaban J connectivity index is 1.66. The van der Waals surface area contributed by atoms with Gasteiger partial charge in [-0.05, 0) is 37.9 Å². The molecule has 0 amide bonds. The van der Waals surface area contributed by atoms with E-state index in [1.807, 2.05) is 37.5 Å². The van der Waals surface area contributed by atoms with Crippen LogP contribution in [0.5, 0.6) is 0 Å². The van der Waals surface area contributed by atoms with Crippen molar-refractivity contribution in [2.75, 3.05) is 24.1 Å². The van der Waals surface area contributed by atoms with Gasteiger partial charge >= 0.3 is 0 Å². The number of aromatic nitrogens is 4. The molecule has 1 aliphatic heterocycles. The quantitative estimate of drug-likeness (QED) is 0.681. The molecule has 0 saturated carbocycles. The van der Waals surface area contributed by atoms with Gasteiger partial charge in [-0.2, -0.15) is 0 Å². The van der Waals surface area contributed by atoms with Crippen molar-refractivity contribution in [1.82, 2.24) is 24.9 Å². The van der Waals surface area contributed by atoms with Crippen LogP contribution < -0.4 is 16.4 Å². The van der Waals surface area contributed by atoms with Crippen molar-refractivity contribution in [3.8, 4) is 11.4 Å². The number of piperidine rings is 1. The Kier molecular flexibility index (Phi) is 3.78. The summed E-state index contributed by atoms with van der Waals surface area (Å²) >= 11 is 0. The Hall–Kier alpha value is -2.67. The van der Waals surface area contributed by atoms with E-state index in [0.717, 1.165) is 42.3 Å². The zero-order chi connectivity index (χ0) is 16.5. The van der Waals surface area contributed by atoms with E-state index in [2.05, 4.69) is 25.7 Å². The minimum absolute atomic E-state index is 0.379. The summed E-state index contributed by atoms with van der Waals surface area (Å²) < 4.78 is 1.73. The second-order valence-corrected chi connectivity index (χ2v) is 6.29. The average molecular weight is 323 g/mol. The van der Waals surface area contributed by atoms with Crippen LogP contribution in [0.2, 0.25) is 0 Å². The summed E-state index contributed by atoms with van der Waals surface area (Å²) in [6, 6.07) is 6.21. The predicted molar refractivity (Wildman–Crippen MR) is 94.9 cm³/mol. The van der Waals surface area contributed by atoms with Gasteiger partial charge in [0.15, 0.2) is 5.65 Å². The number of nitrogen functional groups attached to an aromatic ring is 1. The van der Waals surface area contributed by atoms with Gasteiger partial charge in [-0.25, -0.2) is 9.50 Å². The number of nitrogens with zero attached hydrogens (tertiary/aromatic N) is 4. The summed E-state index contributed by atoms with van der Waals surface area (Å²) in [7, 11) is 0. The van der Waals surface area contributed by atoms with E-state index in [-0.39, 0.29) is 0 Å². The Bertz CT molecular complexity index is 847. The van der Waals surface area contributed by atoms with Gasteiger partial charge in [0.05, 0.1) is 17.6 Å². The van der Waals surface area contributed by atoms with Crippen molar-refractivity contribution >= 4 is 17.2 Å². The van der Waals surface area contributed by atoms with Gasteiger partial charge in [-0.3, -0.25) is 4.98 Å². The highest BCUT2D eigenvalue weighted by Gasteiger charge is 2.15. The molecule has 1 saturated heterocycles. The van der Waals surface area contributed by atoms with Crippen molar-refractivity contribution < 1.29 is 0 Å². The molecule has 0 aliphatic carbocycles. The molecule has 1 atom stereocenters. The maximum atomic E-state index is 6.18. The minimum atomic E-state index is 0.379. The molecule has 3 aromatic rings. The van der Waals surface area contributed by atoms with Crippen molar-refractivity contribution in [3.63, 3.8) is 0 Å². The van der Waals surface area contributed by atoms with E-state index in [9.17, 15) is 0 Å². The highest BCUT2D eigenvalue weighted by molar-refractivity contribution is 5.71. The fourth-order valence-electron chi connectivity index (χ4n) is 3.00. The minimum Gasteiger partial charge on any atom is -0.396 e. The lowest BCUT2D eigenvalue weighted by molar-refractivity contribution is 0.478. The fraction of sp³-hybridized carbons (Fsp3) is 0.353. The van der Waals surface area contributed by atoms with E-state index in [1.165, 1.54) is 6.42 Å². The molecule has 0 aromatic carbocycles. The number of anilines is 2. The molecule has 4 N–H and O–H groups in total. The summed E-state index contributed by atoms with van der Waals surface area (Å²) in [4.78, 5) is 8.99. The first-order chi connectivity index (χ1) is 11.7. The van der Waals surface area contributed by atoms with E-state index in [1.54, 1.807) is 4.52 Å². The zero-order valence-corrected chi connectivity index (χ0v) is 13.7. The predicted octanol–water partition coefficient (Wildman–Crippen LogP) is 1.85. The third kappa shape index (κ3) is 2.90. The molecular weight excluding hydrogens is 302 g/mol. The van der Waals surface area contributed by atoms with Crippen LogP contribution in [0, 0.1) is 6.92 Å². The third-order valence-electron chi connectivity index (χ3n) is 4.28. The van der Waals surface area contributed by atoms with Crippen molar-refractivity contribution in [1.29, 1.82) is 0 Å². The number of hydrogen-bond donors (Lipinski definition) is 3. The van der Waals surface area contributed by atoms with Crippen LogP contribution in [0.15, 0.2) is 30.6 Å². The molecule has 7 nitrogen and oxygen atoms in total. The monoisotopic (exact) mass is 323 g/mol. The first-order valence-electron chi connectivity index (χ1n) is 8.25. The van der Waals surface area contributed by atoms with Crippen LogP contribution >= 0.6 is 0 Å². The number of hydrogen-bond acceptors (Lipinski definition) is 6. The molecule has 4 rings (SSSR count). The second kappa shape index (κ2) is 6.09. The molecule has 7 heteroatoms. The topological polar surface area (TPSA) is 93.2 Å². The van der Waals surface area contributed by atoms with E-state index >= 15 is 0 Å². The maximum Gasteiger partial charge on any atom is 0.177 e. The number of pyridine rings is 1. The molecule has 0 spiro atoms. The van der Waals surface area contributed by atoms with Gasteiger partial charge in [0.2, 0.25) is 0 Å². The molecule has 124 valence electrons. The SMILES string of the molecule is Cc1ccc(-c2cn3nc(N[C@H]4CCCNC4)cc(N)c3n2)nc1. The molecule has 0 radical (unpaired) electrons. The molecule has 3 aromatic heterocycles. The van der Waals surface area contributed by atoms with Crippen molar-refractivity contribution in [2.24, 2.45) is 0 Å². The van der Waals surface area contributed by atoms with Gasteiger partial charge in [-0.15, -0.1) is 5.10 Å². The highest BCUT2D eigenvalue weighted by Crippen LogP contribution is 2.22.